The molecule has 1 aromatic heterocycles. The SMILES string of the molecule is CCn1ncnc1COc1c(Cl)cc(Br)cc1S(N)(=O)=O. The van der Waals surface area contributed by atoms with Gasteiger partial charge in [-0.05, 0) is 19.1 Å². The van der Waals surface area contributed by atoms with Crippen LogP contribution >= 0.6 is 27.5 Å². The maximum atomic E-state index is 11.6. The van der Waals surface area contributed by atoms with Crippen LogP contribution in [0.15, 0.2) is 27.8 Å². The first-order valence-electron chi connectivity index (χ1n) is 5.84. The summed E-state index contributed by atoms with van der Waals surface area (Å²) < 4.78 is 30.9. The van der Waals surface area contributed by atoms with Crippen molar-refractivity contribution in [3.05, 3.63) is 33.8 Å². The van der Waals surface area contributed by atoms with Crippen molar-refractivity contribution in [2.45, 2.75) is 25.0 Å². The van der Waals surface area contributed by atoms with Gasteiger partial charge in [-0.2, -0.15) is 5.10 Å². The normalized spacial score (nSPS) is 11.6. The lowest BCUT2D eigenvalue weighted by Gasteiger charge is -2.12. The van der Waals surface area contributed by atoms with Crippen LogP contribution in [0.4, 0.5) is 0 Å². The molecule has 0 aliphatic heterocycles. The largest absolute Gasteiger partial charge is 0.483 e. The fourth-order valence-electron chi connectivity index (χ4n) is 1.69. The number of nitrogens with zero attached hydrogens (tertiary/aromatic N) is 3. The van der Waals surface area contributed by atoms with E-state index in [1.807, 2.05) is 6.92 Å². The number of halogens is 2. The molecule has 0 spiro atoms. The number of benzene rings is 1. The summed E-state index contributed by atoms with van der Waals surface area (Å²) in [7, 11) is -3.97. The molecule has 10 heteroatoms. The second kappa shape index (κ2) is 6.30. The van der Waals surface area contributed by atoms with Crippen molar-refractivity contribution in [1.82, 2.24) is 14.8 Å². The van der Waals surface area contributed by atoms with Crippen LogP contribution in [-0.2, 0) is 23.2 Å². The van der Waals surface area contributed by atoms with Crippen LogP contribution in [0.25, 0.3) is 0 Å². The Balaban J connectivity index is 2.36. The molecule has 1 heterocycles. The van der Waals surface area contributed by atoms with Crippen LogP contribution in [-0.4, -0.2) is 23.2 Å². The Kier molecular flexibility index (Phi) is 4.87. The van der Waals surface area contributed by atoms with Crippen LogP contribution in [0, 0.1) is 0 Å². The van der Waals surface area contributed by atoms with Crippen molar-refractivity contribution in [2.75, 3.05) is 0 Å². The Labute approximate surface area is 135 Å². The third-order valence-corrected chi connectivity index (χ3v) is 4.28. The molecule has 21 heavy (non-hydrogen) atoms. The number of primary sulfonamides is 1. The fourth-order valence-corrected chi connectivity index (χ4v) is 3.48. The Hall–Kier alpha value is -1.16. The van der Waals surface area contributed by atoms with Gasteiger partial charge in [0.05, 0.1) is 5.02 Å². The molecule has 0 saturated carbocycles. The van der Waals surface area contributed by atoms with E-state index in [-0.39, 0.29) is 22.3 Å². The minimum atomic E-state index is -3.97. The van der Waals surface area contributed by atoms with Crippen molar-refractivity contribution in [1.29, 1.82) is 0 Å². The van der Waals surface area contributed by atoms with Crippen LogP contribution in [0.2, 0.25) is 5.02 Å². The number of hydrogen-bond donors (Lipinski definition) is 1. The lowest BCUT2D eigenvalue weighted by atomic mass is 10.3. The minimum Gasteiger partial charge on any atom is -0.483 e. The molecule has 0 atom stereocenters. The van der Waals surface area contributed by atoms with E-state index >= 15 is 0 Å². The van der Waals surface area contributed by atoms with Crippen LogP contribution < -0.4 is 9.88 Å². The molecule has 7 nitrogen and oxygen atoms in total. The third kappa shape index (κ3) is 3.73. The number of rotatable bonds is 5. The van der Waals surface area contributed by atoms with Crippen molar-refractivity contribution in [3.8, 4) is 5.75 Å². The molecule has 0 fully saturated rings. The van der Waals surface area contributed by atoms with E-state index in [9.17, 15) is 8.42 Å². The summed E-state index contributed by atoms with van der Waals surface area (Å²) in [5, 5.41) is 9.31. The zero-order valence-electron chi connectivity index (χ0n) is 11.0. The number of sulfonamides is 1. The summed E-state index contributed by atoms with van der Waals surface area (Å²) in [6.45, 7) is 2.55. The van der Waals surface area contributed by atoms with Crippen LogP contribution in [0.3, 0.4) is 0 Å². The number of ether oxygens (including phenoxy) is 1. The van der Waals surface area contributed by atoms with Crippen molar-refractivity contribution in [3.63, 3.8) is 0 Å². The summed E-state index contributed by atoms with van der Waals surface area (Å²) in [6, 6.07) is 2.86. The lowest BCUT2D eigenvalue weighted by molar-refractivity contribution is 0.280. The van der Waals surface area contributed by atoms with Crippen molar-refractivity contribution in [2.24, 2.45) is 5.14 Å². The van der Waals surface area contributed by atoms with E-state index in [0.717, 1.165) is 0 Å². The molecule has 0 saturated heterocycles. The molecule has 0 radical (unpaired) electrons. The van der Waals surface area contributed by atoms with Gasteiger partial charge in [-0.25, -0.2) is 23.2 Å². The summed E-state index contributed by atoms with van der Waals surface area (Å²) in [5.41, 5.74) is 0. The fraction of sp³-hybridized carbons (Fsp3) is 0.273. The Morgan fingerprint density at radius 1 is 1.48 bits per heavy atom. The van der Waals surface area contributed by atoms with Gasteiger partial charge in [-0.15, -0.1) is 0 Å². The third-order valence-electron chi connectivity index (χ3n) is 2.62. The van der Waals surface area contributed by atoms with E-state index in [4.69, 9.17) is 21.5 Å². The van der Waals surface area contributed by atoms with Crippen LogP contribution in [0.1, 0.15) is 12.7 Å². The molecule has 0 aliphatic rings. The molecule has 1 aromatic carbocycles. The maximum Gasteiger partial charge on any atom is 0.241 e. The van der Waals surface area contributed by atoms with Gasteiger partial charge in [0.15, 0.2) is 11.6 Å². The van der Waals surface area contributed by atoms with Gasteiger partial charge < -0.3 is 4.74 Å². The first-order chi connectivity index (χ1) is 9.82. The van der Waals surface area contributed by atoms with Gasteiger partial charge in [0.2, 0.25) is 10.0 Å². The summed E-state index contributed by atoms with van der Waals surface area (Å²) in [4.78, 5) is 3.84. The monoisotopic (exact) mass is 394 g/mol. The Morgan fingerprint density at radius 2 is 2.19 bits per heavy atom. The van der Waals surface area contributed by atoms with Crippen LogP contribution in [0.5, 0.6) is 5.75 Å². The summed E-state index contributed by atoms with van der Waals surface area (Å²) >= 11 is 9.20. The molecule has 114 valence electrons. The number of aromatic nitrogens is 3. The quantitative estimate of drug-likeness (QED) is 0.834. The second-order valence-electron chi connectivity index (χ2n) is 4.04. The summed E-state index contributed by atoms with van der Waals surface area (Å²) in [6.07, 6.45) is 1.39. The second-order valence-corrected chi connectivity index (χ2v) is 6.89. The lowest BCUT2D eigenvalue weighted by Crippen LogP contribution is -2.15. The van der Waals surface area contributed by atoms with E-state index in [1.54, 1.807) is 4.68 Å². The van der Waals surface area contributed by atoms with E-state index in [1.165, 1.54) is 18.5 Å². The van der Waals surface area contributed by atoms with Gasteiger partial charge >= 0.3 is 0 Å². The van der Waals surface area contributed by atoms with Gasteiger partial charge in [0, 0.05) is 11.0 Å². The zero-order chi connectivity index (χ0) is 15.6. The molecular weight excluding hydrogens is 384 g/mol. The average Bonchev–Trinajstić information content (AvgIpc) is 2.83. The summed E-state index contributed by atoms with van der Waals surface area (Å²) in [5.74, 6) is 0.546. The van der Waals surface area contributed by atoms with Gasteiger partial charge in [-0.1, -0.05) is 27.5 Å². The smallest absolute Gasteiger partial charge is 0.241 e. The van der Waals surface area contributed by atoms with Gasteiger partial charge in [0.1, 0.15) is 17.8 Å². The highest BCUT2D eigenvalue weighted by Gasteiger charge is 2.20. The molecule has 2 rings (SSSR count). The average molecular weight is 396 g/mol. The molecule has 0 bridgehead atoms. The highest BCUT2D eigenvalue weighted by Crippen LogP contribution is 2.35. The van der Waals surface area contributed by atoms with E-state index < -0.39 is 10.0 Å². The predicted octanol–water partition coefficient (Wildman–Crippen LogP) is 1.94. The number of aryl methyl sites for hydroxylation is 1. The first-order valence-corrected chi connectivity index (χ1v) is 8.56. The molecule has 0 aliphatic carbocycles. The highest BCUT2D eigenvalue weighted by atomic mass is 79.9. The first kappa shape index (κ1) is 16.2. The highest BCUT2D eigenvalue weighted by molar-refractivity contribution is 9.10. The topological polar surface area (TPSA) is 100 Å². The Morgan fingerprint density at radius 3 is 2.81 bits per heavy atom. The molecule has 2 aromatic rings. The molecule has 2 N–H and O–H groups in total. The van der Waals surface area contributed by atoms with E-state index in [2.05, 4.69) is 26.0 Å². The van der Waals surface area contributed by atoms with E-state index in [0.29, 0.717) is 16.8 Å². The van der Waals surface area contributed by atoms with Gasteiger partial charge in [0.25, 0.3) is 0 Å². The molecule has 0 unspecified atom stereocenters. The zero-order valence-corrected chi connectivity index (χ0v) is 14.1. The van der Waals surface area contributed by atoms with Gasteiger partial charge in [-0.3, -0.25) is 0 Å². The predicted molar refractivity (Wildman–Crippen MR) is 80.6 cm³/mol. The van der Waals surface area contributed by atoms with Crippen molar-refractivity contribution >= 4 is 37.6 Å². The minimum absolute atomic E-state index is 0.00646. The number of nitrogens with two attached hydrogens (primary N) is 1. The number of hydrogen-bond acceptors (Lipinski definition) is 5. The standard InChI is InChI=1S/C11H12BrClN4O3S/c1-2-17-10(15-6-16-17)5-20-11-8(13)3-7(12)4-9(11)21(14,18)19/h3-4,6H,2,5H2,1H3,(H2,14,18,19). The molecular formula is C11H12BrClN4O3S. The molecule has 0 amide bonds. The maximum absolute atomic E-state index is 11.6. The van der Waals surface area contributed by atoms with Crippen molar-refractivity contribution < 1.29 is 13.2 Å². The Bertz CT molecular complexity index is 763.